The first-order chi connectivity index (χ1) is 8.22. The lowest BCUT2D eigenvalue weighted by molar-refractivity contribution is 0.0787. The molecule has 0 N–H and O–H groups in total. The molecule has 1 aromatic rings. The molecule has 2 aliphatic heterocycles. The number of fused-ring (bicyclic) bond motifs is 2. The summed E-state index contributed by atoms with van der Waals surface area (Å²) >= 11 is 0. The van der Waals surface area contributed by atoms with Gasteiger partial charge in [0.05, 0.1) is 23.7 Å². The molecule has 0 aromatic heterocycles. The summed E-state index contributed by atoms with van der Waals surface area (Å²) in [5, 5.41) is 9.45. The van der Waals surface area contributed by atoms with Crippen LogP contribution in [0.25, 0.3) is 0 Å². The van der Waals surface area contributed by atoms with Gasteiger partial charge in [-0.2, -0.15) is 5.26 Å². The third-order valence-electron chi connectivity index (χ3n) is 3.97. The first-order valence-corrected chi connectivity index (χ1v) is 6.03. The van der Waals surface area contributed by atoms with Crippen molar-refractivity contribution in [1.29, 1.82) is 5.26 Å². The second-order valence-corrected chi connectivity index (χ2v) is 5.10. The van der Waals surface area contributed by atoms with Crippen LogP contribution >= 0.6 is 0 Å². The van der Waals surface area contributed by atoms with Crippen LogP contribution in [0.4, 0.5) is 4.39 Å². The Hall–Kier alpha value is -1.40. The van der Waals surface area contributed by atoms with Gasteiger partial charge in [-0.05, 0) is 43.4 Å². The highest BCUT2D eigenvalue weighted by Crippen LogP contribution is 2.49. The van der Waals surface area contributed by atoms with Gasteiger partial charge in [-0.15, -0.1) is 0 Å². The number of benzene rings is 1. The Kier molecular flexibility index (Phi) is 2.41. The third-order valence-corrected chi connectivity index (χ3v) is 3.97. The largest absolute Gasteiger partial charge is 0.373 e. The van der Waals surface area contributed by atoms with E-state index in [0.717, 1.165) is 24.8 Å². The number of hydrogen-bond acceptors (Lipinski definition) is 2. The Morgan fingerprint density at radius 3 is 2.65 bits per heavy atom. The number of rotatable bonds is 2. The third kappa shape index (κ3) is 1.73. The van der Waals surface area contributed by atoms with Crippen molar-refractivity contribution in [3.63, 3.8) is 0 Å². The Balaban J connectivity index is 1.84. The fourth-order valence-corrected chi connectivity index (χ4v) is 3.11. The topological polar surface area (TPSA) is 33.0 Å². The summed E-state index contributed by atoms with van der Waals surface area (Å²) in [5.41, 5.74) is 0.630. The van der Waals surface area contributed by atoms with E-state index in [1.165, 1.54) is 12.1 Å². The van der Waals surface area contributed by atoms with E-state index in [-0.39, 0.29) is 23.4 Å². The van der Waals surface area contributed by atoms with Gasteiger partial charge in [-0.1, -0.05) is 12.1 Å². The van der Waals surface area contributed by atoms with E-state index in [2.05, 4.69) is 6.07 Å². The van der Waals surface area contributed by atoms with Gasteiger partial charge < -0.3 is 4.74 Å². The molecule has 3 rings (SSSR count). The lowest BCUT2D eigenvalue weighted by Gasteiger charge is -2.28. The van der Waals surface area contributed by atoms with Crippen LogP contribution in [0.15, 0.2) is 24.3 Å². The fraction of sp³-hybridized carbons (Fsp3) is 0.500. The van der Waals surface area contributed by atoms with Gasteiger partial charge >= 0.3 is 0 Å². The molecule has 0 radical (unpaired) electrons. The molecule has 17 heavy (non-hydrogen) atoms. The second-order valence-electron chi connectivity index (χ2n) is 5.10. The Morgan fingerprint density at radius 2 is 2.12 bits per heavy atom. The monoisotopic (exact) mass is 231 g/mol. The van der Waals surface area contributed by atoms with Gasteiger partial charge in [-0.25, -0.2) is 4.39 Å². The molecule has 2 fully saturated rings. The number of nitrogens with zero attached hydrogens (tertiary/aromatic N) is 1. The Morgan fingerprint density at radius 1 is 1.35 bits per heavy atom. The van der Waals surface area contributed by atoms with E-state index < -0.39 is 0 Å². The van der Waals surface area contributed by atoms with E-state index in [1.807, 2.05) is 0 Å². The Bertz CT molecular complexity index is 464. The van der Waals surface area contributed by atoms with Crippen molar-refractivity contribution in [2.24, 2.45) is 5.41 Å². The van der Waals surface area contributed by atoms with Crippen LogP contribution in [0, 0.1) is 22.6 Å². The summed E-state index contributed by atoms with van der Waals surface area (Å²) in [7, 11) is 0. The van der Waals surface area contributed by atoms with Crippen molar-refractivity contribution in [3.8, 4) is 6.07 Å². The van der Waals surface area contributed by atoms with Gasteiger partial charge in [0.1, 0.15) is 5.82 Å². The van der Waals surface area contributed by atoms with Gasteiger partial charge in [0, 0.05) is 0 Å². The first kappa shape index (κ1) is 10.7. The summed E-state index contributed by atoms with van der Waals surface area (Å²) in [6.45, 7) is 0. The van der Waals surface area contributed by atoms with E-state index in [9.17, 15) is 9.65 Å². The highest BCUT2D eigenvalue weighted by atomic mass is 19.1. The minimum absolute atomic E-state index is 0.0718. The van der Waals surface area contributed by atoms with Crippen LogP contribution < -0.4 is 0 Å². The van der Waals surface area contributed by atoms with Gasteiger partial charge in [0.25, 0.3) is 0 Å². The van der Waals surface area contributed by atoms with Crippen molar-refractivity contribution >= 4 is 0 Å². The molecule has 0 amide bonds. The molecular formula is C14H14FNO. The molecule has 3 heteroatoms. The molecule has 0 saturated carbocycles. The summed E-state index contributed by atoms with van der Waals surface area (Å²) in [5.74, 6) is -0.232. The molecule has 2 aliphatic rings. The molecule has 3 atom stereocenters. The zero-order chi connectivity index (χ0) is 11.9. The van der Waals surface area contributed by atoms with E-state index >= 15 is 0 Å². The molecule has 0 spiro atoms. The average molecular weight is 231 g/mol. The number of ether oxygens (including phenoxy) is 1. The number of nitriles is 1. The molecule has 3 unspecified atom stereocenters. The molecule has 2 heterocycles. The number of hydrogen-bond donors (Lipinski definition) is 0. The van der Waals surface area contributed by atoms with E-state index in [1.54, 1.807) is 12.1 Å². The van der Waals surface area contributed by atoms with Crippen molar-refractivity contribution < 1.29 is 9.13 Å². The normalized spacial score (nSPS) is 34.8. The highest BCUT2D eigenvalue weighted by molar-refractivity contribution is 5.23. The van der Waals surface area contributed by atoms with Crippen molar-refractivity contribution in [2.75, 3.05) is 0 Å². The predicted octanol–water partition coefficient (Wildman–Crippen LogP) is 2.83. The molecule has 88 valence electrons. The molecule has 2 nitrogen and oxygen atoms in total. The van der Waals surface area contributed by atoms with Crippen molar-refractivity contribution in [3.05, 3.63) is 35.6 Å². The van der Waals surface area contributed by atoms with E-state index in [0.29, 0.717) is 6.42 Å². The van der Waals surface area contributed by atoms with Crippen molar-refractivity contribution in [2.45, 2.75) is 37.9 Å². The van der Waals surface area contributed by atoms with Crippen LogP contribution in [-0.4, -0.2) is 12.2 Å². The first-order valence-electron chi connectivity index (χ1n) is 6.03. The highest BCUT2D eigenvalue weighted by Gasteiger charge is 2.52. The van der Waals surface area contributed by atoms with Crippen LogP contribution in [0.3, 0.4) is 0 Å². The minimum atomic E-state index is -0.388. The quantitative estimate of drug-likeness (QED) is 0.784. The maximum Gasteiger partial charge on any atom is 0.123 e. The molecular weight excluding hydrogens is 217 g/mol. The number of halogens is 1. The smallest absolute Gasteiger partial charge is 0.123 e. The average Bonchev–Trinajstić information content (AvgIpc) is 2.93. The van der Waals surface area contributed by atoms with Crippen LogP contribution in [0.2, 0.25) is 0 Å². The summed E-state index contributed by atoms with van der Waals surface area (Å²) < 4.78 is 18.6. The van der Waals surface area contributed by atoms with Crippen LogP contribution in [0.5, 0.6) is 0 Å². The molecule has 2 bridgehead atoms. The lowest BCUT2D eigenvalue weighted by atomic mass is 9.71. The lowest BCUT2D eigenvalue weighted by Crippen LogP contribution is -2.33. The minimum Gasteiger partial charge on any atom is -0.373 e. The summed E-state index contributed by atoms with van der Waals surface area (Å²) in [6, 6.07) is 8.89. The molecule has 2 saturated heterocycles. The van der Waals surface area contributed by atoms with Crippen LogP contribution in [0.1, 0.15) is 24.8 Å². The standard InChI is InChI=1S/C14H14FNO/c15-11-3-1-10(2-4-11)7-14(9-16)8-12-5-6-13(14)17-12/h1-4,12-13H,5-8H2. The predicted molar refractivity (Wildman–Crippen MR) is 60.7 cm³/mol. The van der Waals surface area contributed by atoms with E-state index in [4.69, 9.17) is 4.74 Å². The summed E-state index contributed by atoms with van der Waals surface area (Å²) in [6.07, 6.45) is 3.90. The maximum absolute atomic E-state index is 12.8. The second kappa shape index (κ2) is 3.82. The van der Waals surface area contributed by atoms with Gasteiger partial charge in [-0.3, -0.25) is 0 Å². The summed E-state index contributed by atoms with van der Waals surface area (Å²) in [4.78, 5) is 0. The maximum atomic E-state index is 12.8. The van der Waals surface area contributed by atoms with Gasteiger partial charge in [0.2, 0.25) is 0 Å². The SMILES string of the molecule is N#CC1(Cc2ccc(F)cc2)CC2CCC1O2. The molecule has 0 aliphatic carbocycles. The zero-order valence-electron chi connectivity index (χ0n) is 9.53. The van der Waals surface area contributed by atoms with Crippen LogP contribution in [-0.2, 0) is 11.2 Å². The molecule has 1 aromatic carbocycles. The van der Waals surface area contributed by atoms with Crippen molar-refractivity contribution in [1.82, 2.24) is 0 Å². The Labute approximate surface area is 100 Å². The zero-order valence-corrected chi connectivity index (χ0v) is 9.53. The fourth-order valence-electron chi connectivity index (χ4n) is 3.11. The van der Waals surface area contributed by atoms with Gasteiger partial charge in [0.15, 0.2) is 0 Å².